The predicted octanol–water partition coefficient (Wildman–Crippen LogP) is 1.39. The van der Waals surface area contributed by atoms with E-state index in [4.69, 9.17) is 5.73 Å². The standard InChI is InChI=1S/C12H16N4/c1-2-12-15-6-7-16(12)11(8-13)10-4-3-5-14-9-10/h3-7,9,11H,2,8,13H2,1H3. The van der Waals surface area contributed by atoms with Crippen molar-refractivity contribution >= 4 is 0 Å². The molecule has 4 heteroatoms. The molecule has 0 fully saturated rings. The van der Waals surface area contributed by atoms with E-state index in [1.54, 1.807) is 6.20 Å². The Kier molecular flexibility index (Phi) is 3.31. The summed E-state index contributed by atoms with van der Waals surface area (Å²) in [6, 6.07) is 4.11. The highest BCUT2D eigenvalue weighted by molar-refractivity contribution is 5.17. The van der Waals surface area contributed by atoms with Crippen LogP contribution in [0, 0.1) is 0 Å². The Morgan fingerprint density at radius 2 is 2.31 bits per heavy atom. The van der Waals surface area contributed by atoms with Crippen LogP contribution in [0.4, 0.5) is 0 Å². The van der Waals surface area contributed by atoms with Crippen molar-refractivity contribution in [2.75, 3.05) is 6.54 Å². The van der Waals surface area contributed by atoms with Crippen molar-refractivity contribution in [3.05, 3.63) is 48.3 Å². The Morgan fingerprint density at radius 3 is 2.94 bits per heavy atom. The van der Waals surface area contributed by atoms with Crippen molar-refractivity contribution in [1.82, 2.24) is 14.5 Å². The summed E-state index contributed by atoms with van der Waals surface area (Å²) in [6.07, 6.45) is 8.33. The van der Waals surface area contributed by atoms with Crippen LogP contribution in [-0.2, 0) is 6.42 Å². The second-order valence-electron chi connectivity index (χ2n) is 3.64. The van der Waals surface area contributed by atoms with Crippen molar-refractivity contribution in [3.8, 4) is 0 Å². The number of hydrogen-bond donors (Lipinski definition) is 1. The van der Waals surface area contributed by atoms with Crippen LogP contribution in [0.5, 0.6) is 0 Å². The molecule has 84 valence electrons. The molecule has 1 unspecified atom stereocenters. The number of nitrogens with two attached hydrogens (primary N) is 1. The van der Waals surface area contributed by atoms with E-state index >= 15 is 0 Å². The second kappa shape index (κ2) is 4.90. The van der Waals surface area contributed by atoms with Crippen LogP contribution >= 0.6 is 0 Å². The van der Waals surface area contributed by atoms with Crippen LogP contribution in [0.25, 0.3) is 0 Å². The highest BCUT2D eigenvalue weighted by Crippen LogP contribution is 2.17. The van der Waals surface area contributed by atoms with E-state index in [9.17, 15) is 0 Å². The molecule has 0 aliphatic carbocycles. The number of aryl methyl sites for hydroxylation is 1. The predicted molar refractivity (Wildman–Crippen MR) is 63.0 cm³/mol. The van der Waals surface area contributed by atoms with Gasteiger partial charge < -0.3 is 10.3 Å². The molecule has 0 aliphatic rings. The van der Waals surface area contributed by atoms with Gasteiger partial charge in [0, 0.05) is 37.8 Å². The van der Waals surface area contributed by atoms with E-state index in [0.717, 1.165) is 17.8 Å². The van der Waals surface area contributed by atoms with Gasteiger partial charge >= 0.3 is 0 Å². The summed E-state index contributed by atoms with van der Waals surface area (Å²) in [7, 11) is 0. The van der Waals surface area contributed by atoms with Gasteiger partial charge in [-0.05, 0) is 11.6 Å². The van der Waals surface area contributed by atoms with Crippen molar-refractivity contribution in [1.29, 1.82) is 0 Å². The summed E-state index contributed by atoms with van der Waals surface area (Å²) in [4.78, 5) is 8.45. The molecule has 1 atom stereocenters. The van der Waals surface area contributed by atoms with Crippen LogP contribution in [0.1, 0.15) is 24.4 Å². The molecule has 0 amide bonds. The first-order valence-corrected chi connectivity index (χ1v) is 5.48. The third kappa shape index (κ3) is 1.97. The number of hydrogen-bond acceptors (Lipinski definition) is 3. The molecular formula is C12H16N4. The number of pyridine rings is 1. The zero-order valence-electron chi connectivity index (χ0n) is 9.37. The molecule has 2 aromatic heterocycles. The molecule has 0 saturated carbocycles. The second-order valence-corrected chi connectivity index (χ2v) is 3.64. The lowest BCUT2D eigenvalue weighted by Gasteiger charge is -2.18. The van der Waals surface area contributed by atoms with Gasteiger partial charge in [-0.25, -0.2) is 4.98 Å². The molecule has 0 spiro atoms. The highest BCUT2D eigenvalue weighted by Gasteiger charge is 2.14. The molecule has 16 heavy (non-hydrogen) atoms. The van der Waals surface area contributed by atoms with Gasteiger partial charge in [0.1, 0.15) is 5.82 Å². The van der Waals surface area contributed by atoms with Gasteiger partial charge in [-0.15, -0.1) is 0 Å². The van der Waals surface area contributed by atoms with Crippen LogP contribution in [0.3, 0.4) is 0 Å². The summed E-state index contributed by atoms with van der Waals surface area (Å²) in [5.41, 5.74) is 6.97. The van der Waals surface area contributed by atoms with Crippen LogP contribution in [-0.4, -0.2) is 21.1 Å². The molecule has 2 heterocycles. The normalized spacial score (nSPS) is 12.6. The van der Waals surface area contributed by atoms with E-state index in [0.29, 0.717) is 6.54 Å². The van der Waals surface area contributed by atoms with E-state index in [1.807, 2.05) is 30.7 Å². The molecule has 0 bridgehead atoms. The van der Waals surface area contributed by atoms with Crippen molar-refractivity contribution in [3.63, 3.8) is 0 Å². The molecule has 4 nitrogen and oxygen atoms in total. The van der Waals surface area contributed by atoms with Gasteiger partial charge in [0.05, 0.1) is 6.04 Å². The number of imidazole rings is 1. The van der Waals surface area contributed by atoms with Gasteiger partial charge in [-0.1, -0.05) is 13.0 Å². The van der Waals surface area contributed by atoms with Gasteiger partial charge in [0.15, 0.2) is 0 Å². The summed E-state index contributed by atoms with van der Waals surface area (Å²) in [5, 5.41) is 0. The number of nitrogens with zero attached hydrogens (tertiary/aromatic N) is 3. The van der Waals surface area contributed by atoms with Crippen molar-refractivity contribution in [2.24, 2.45) is 5.73 Å². The van der Waals surface area contributed by atoms with E-state index in [-0.39, 0.29) is 6.04 Å². The minimum absolute atomic E-state index is 0.131. The first-order valence-electron chi connectivity index (χ1n) is 5.48. The maximum absolute atomic E-state index is 5.84. The zero-order valence-corrected chi connectivity index (χ0v) is 9.37. The first-order chi connectivity index (χ1) is 7.86. The topological polar surface area (TPSA) is 56.7 Å². The van der Waals surface area contributed by atoms with Crippen molar-refractivity contribution < 1.29 is 0 Å². The fraction of sp³-hybridized carbons (Fsp3) is 0.333. The fourth-order valence-electron chi connectivity index (χ4n) is 1.88. The summed E-state index contributed by atoms with van der Waals surface area (Å²) in [6.45, 7) is 2.64. The first kappa shape index (κ1) is 10.8. The Balaban J connectivity index is 2.37. The monoisotopic (exact) mass is 216 g/mol. The maximum Gasteiger partial charge on any atom is 0.108 e. The van der Waals surface area contributed by atoms with E-state index < -0.39 is 0 Å². The SMILES string of the molecule is CCc1nccn1C(CN)c1cccnc1. The average molecular weight is 216 g/mol. The number of rotatable bonds is 4. The maximum atomic E-state index is 5.84. The Morgan fingerprint density at radius 1 is 1.44 bits per heavy atom. The lowest BCUT2D eigenvalue weighted by Crippen LogP contribution is -2.21. The van der Waals surface area contributed by atoms with Gasteiger partial charge in [0.25, 0.3) is 0 Å². The van der Waals surface area contributed by atoms with Crippen LogP contribution < -0.4 is 5.73 Å². The summed E-state index contributed by atoms with van der Waals surface area (Å²) >= 11 is 0. The quantitative estimate of drug-likeness (QED) is 0.840. The van der Waals surface area contributed by atoms with Gasteiger partial charge in [-0.3, -0.25) is 4.98 Å². The molecule has 0 aromatic carbocycles. The minimum atomic E-state index is 0.131. The van der Waals surface area contributed by atoms with Crippen LogP contribution in [0.15, 0.2) is 36.9 Å². The molecule has 0 radical (unpaired) electrons. The third-order valence-corrected chi connectivity index (χ3v) is 2.69. The van der Waals surface area contributed by atoms with Gasteiger partial charge in [0.2, 0.25) is 0 Å². The largest absolute Gasteiger partial charge is 0.328 e. The Bertz CT molecular complexity index is 435. The zero-order chi connectivity index (χ0) is 11.4. The van der Waals surface area contributed by atoms with Gasteiger partial charge in [-0.2, -0.15) is 0 Å². The Labute approximate surface area is 95.1 Å². The molecular weight excluding hydrogens is 200 g/mol. The average Bonchev–Trinajstić information content (AvgIpc) is 2.80. The summed E-state index contributed by atoms with van der Waals surface area (Å²) < 4.78 is 2.12. The van der Waals surface area contributed by atoms with E-state index in [1.165, 1.54) is 0 Å². The molecule has 2 N–H and O–H groups in total. The molecule has 2 rings (SSSR count). The third-order valence-electron chi connectivity index (χ3n) is 2.69. The van der Waals surface area contributed by atoms with Crippen LogP contribution in [0.2, 0.25) is 0 Å². The minimum Gasteiger partial charge on any atom is -0.328 e. The van der Waals surface area contributed by atoms with Crippen molar-refractivity contribution in [2.45, 2.75) is 19.4 Å². The molecule has 2 aromatic rings. The van der Waals surface area contributed by atoms with E-state index in [2.05, 4.69) is 21.5 Å². The lowest BCUT2D eigenvalue weighted by molar-refractivity contribution is 0.567. The summed E-state index contributed by atoms with van der Waals surface area (Å²) in [5.74, 6) is 1.05. The highest BCUT2D eigenvalue weighted by atomic mass is 15.1. The number of aromatic nitrogens is 3. The lowest BCUT2D eigenvalue weighted by atomic mass is 10.1. The molecule has 0 saturated heterocycles. The smallest absolute Gasteiger partial charge is 0.108 e. The fourth-order valence-corrected chi connectivity index (χ4v) is 1.88. The molecule has 0 aliphatic heterocycles. The Hall–Kier alpha value is -1.68.